The minimum absolute atomic E-state index is 0.0647. The Balaban J connectivity index is 1.49. The van der Waals surface area contributed by atoms with Crippen LogP contribution in [0.2, 0.25) is 0 Å². The van der Waals surface area contributed by atoms with E-state index in [0.29, 0.717) is 24.8 Å². The number of allylic oxidation sites excluding steroid dienone is 1. The van der Waals surface area contributed by atoms with Crippen molar-refractivity contribution in [3.63, 3.8) is 0 Å². The normalized spacial score (nSPS) is 30.4. The van der Waals surface area contributed by atoms with E-state index >= 15 is 0 Å². The van der Waals surface area contributed by atoms with Crippen molar-refractivity contribution in [2.75, 3.05) is 13.7 Å². The Morgan fingerprint density at radius 2 is 1.95 bits per heavy atom. The number of hydrogen-bond donors (Lipinski definition) is 1. The fraction of sp³-hybridized carbons (Fsp3) is 0.606. The molecule has 2 amide bonds. The number of alkyl carbamates (subject to hydrolysis) is 1. The summed E-state index contributed by atoms with van der Waals surface area (Å²) < 4.78 is 17.8. The minimum atomic E-state index is -0.715. The first kappa shape index (κ1) is 29.0. The summed E-state index contributed by atoms with van der Waals surface area (Å²) in [7, 11) is 1.65. The largest absolute Gasteiger partial charge is 0.497 e. The molecule has 0 spiro atoms. The van der Waals surface area contributed by atoms with Crippen LogP contribution in [0.4, 0.5) is 10.5 Å². The van der Waals surface area contributed by atoms with Gasteiger partial charge < -0.3 is 24.4 Å². The lowest BCUT2D eigenvalue weighted by molar-refractivity contribution is -0.136. The van der Waals surface area contributed by atoms with Gasteiger partial charge in [-0.15, -0.1) is 0 Å². The number of carbonyl (C=O) groups excluding carboxylic acids is 2. The highest BCUT2D eigenvalue weighted by Gasteiger charge is 2.44. The monoisotopic (exact) mass is 561 g/mol. The zero-order valence-electron chi connectivity index (χ0n) is 25.2. The van der Waals surface area contributed by atoms with Gasteiger partial charge >= 0.3 is 6.09 Å². The van der Waals surface area contributed by atoms with E-state index in [1.807, 2.05) is 44.7 Å². The van der Waals surface area contributed by atoms with Gasteiger partial charge in [0, 0.05) is 24.9 Å². The van der Waals surface area contributed by atoms with Crippen molar-refractivity contribution in [2.45, 2.75) is 103 Å². The summed E-state index contributed by atoms with van der Waals surface area (Å²) in [6.07, 6.45) is 6.20. The van der Waals surface area contributed by atoms with E-state index in [2.05, 4.69) is 36.2 Å². The molecule has 1 aliphatic carbocycles. The molecule has 6 unspecified atom stereocenters. The van der Waals surface area contributed by atoms with Gasteiger partial charge in [0.05, 0.1) is 24.9 Å². The van der Waals surface area contributed by atoms with E-state index in [9.17, 15) is 9.59 Å². The van der Waals surface area contributed by atoms with Crippen molar-refractivity contribution in [2.24, 2.45) is 16.3 Å². The topological polar surface area (TPSA) is 89.5 Å². The Bertz CT molecular complexity index is 1300. The number of amides is 2. The molecule has 3 heterocycles. The van der Waals surface area contributed by atoms with Crippen molar-refractivity contribution < 1.29 is 23.8 Å². The van der Waals surface area contributed by atoms with Gasteiger partial charge in [-0.1, -0.05) is 51.7 Å². The summed E-state index contributed by atoms with van der Waals surface area (Å²) >= 11 is 0. The Labute approximate surface area is 243 Å². The van der Waals surface area contributed by atoms with Crippen LogP contribution in [0.3, 0.4) is 0 Å². The van der Waals surface area contributed by atoms with E-state index in [1.54, 1.807) is 7.11 Å². The zero-order valence-corrected chi connectivity index (χ0v) is 25.2. The molecule has 5 rings (SSSR count). The second kappa shape index (κ2) is 11.8. The summed E-state index contributed by atoms with van der Waals surface area (Å²) in [6, 6.07) is 5.21. The van der Waals surface area contributed by atoms with E-state index in [4.69, 9.17) is 19.2 Å². The van der Waals surface area contributed by atoms with Gasteiger partial charge in [0.15, 0.2) is 0 Å². The van der Waals surface area contributed by atoms with Crippen LogP contribution in [0.1, 0.15) is 84.6 Å². The van der Waals surface area contributed by atoms with Crippen molar-refractivity contribution in [3.8, 4) is 17.6 Å². The summed E-state index contributed by atoms with van der Waals surface area (Å²) in [5.74, 6) is 8.41. The average Bonchev–Trinajstić information content (AvgIpc) is 3.54. The van der Waals surface area contributed by atoms with Crippen LogP contribution in [-0.2, 0) is 14.3 Å². The van der Waals surface area contributed by atoms with Gasteiger partial charge in [-0.2, -0.15) is 0 Å². The van der Waals surface area contributed by atoms with Crippen molar-refractivity contribution in [3.05, 3.63) is 35.4 Å². The third kappa shape index (κ3) is 6.72. The van der Waals surface area contributed by atoms with Crippen molar-refractivity contribution in [1.82, 2.24) is 10.2 Å². The molecule has 220 valence electrons. The molecule has 8 heteroatoms. The molecule has 8 nitrogen and oxygen atoms in total. The van der Waals surface area contributed by atoms with Crippen molar-refractivity contribution >= 4 is 23.6 Å². The summed E-state index contributed by atoms with van der Waals surface area (Å²) in [4.78, 5) is 33.5. The fourth-order valence-electron chi connectivity index (χ4n) is 5.95. The molecule has 41 heavy (non-hydrogen) atoms. The van der Waals surface area contributed by atoms with Gasteiger partial charge in [-0.05, 0) is 61.5 Å². The van der Waals surface area contributed by atoms with Crippen LogP contribution in [0, 0.1) is 23.2 Å². The number of ether oxygens (including phenoxy) is 3. The smallest absolute Gasteiger partial charge is 0.408 e. The fourth-order valence-corrected chi connectivity index (χ4v) is 5.95. The van der Waals surface area contributed by atoms with Gasteiger partial charge in [-0.25, -0.2) is 9.79 Å². The molecule has 6 atom stereocenters. The summed E-state index contributed by atoms with van der Waals surface area (Å²) in [5, 5.41) is 2.90. The van der Waals surface area contributed by atoms with Gasteiger partial charge in [-0.3, -0.25) is 4.79 Å². The van der Waals surface area contributed by atoms with Gasteiger partial charge in [0.25, 0.3) is 0 Å². The standard InChI is InChI=1S/C33H43N3O5/c1-20-12-13-22-10-8-7-9-11-23-17-28(23)41-32(38)35-29(33(3,4)5)31(37)36-19-25(16-21(36)2)40-30(22)34-27-18-24(39-6)14-15-26(20)27/h13-15,18,20-21,23,25,28-29H,7,9,11-12,16-17,19H2,1-6H3,(H,35,38). The molecular weight excluding hydrogens is 518 g/mol. The number of carbonyl (C=O) groups is 2. The highest BCUT2D eigenvalue weighted by molar-refractivity contribution is 6.00. The van der Waals surface area contributed by atoms with Crippen LogP contribution in [0.5, 0.6) is 5.75 Å². The van der Waals surface area contributed by atoms with E-state index < -0.39 is 17.6 Å². The molecule has 1 aromatic carbocycles. The SMILES string of the molecule is COc1ccc2c(c1)N=C1OC3CC(C)N(C3)C(=O)C(C(C)(C)C)NC(=O)OC3CC3CCCC#CC1=CCC2C. The first-order valence-electron chi connectivity index (χ1n) is 14.9. The predicted octanol–water partition coefficient (Wildman–Crippen LogP) is 5.88. The van der Waals surface area contributed by atoms with Crippen LogP contribution in [0.15, 0.2) is 34.8 Å². The number of hydrogen-bond acceptors (Lipinski definition) is 6. The predicted molar refractivity (Wildman–Crippen MR) is 158 cm³/mol. The second-order valence-electron chi connectivity index (χ2n) is 13.0. The molecule has 0 aromatic heterocycles. The van der Waals surface area contributed by atoms with Crippen LogP contribution in [-0.4, -0.2) is 60.7 Å². The molecule has 2 bridgehead atoms. The Hall–Kier alpha value is -3.47. The molecule has 0 radical (unpaired) electrons. The average molecular weight is 562 g/mol. The molecule has 1 saturated carbocycles. The summed E-state index contributed by atoms with van der Waals surface area (Å²) in [5.41, 5.74) is 2.24. The molecule has 1 saturated heterocycles. The number of nitrogens with zero attached hydrogens (tertiary/aromatic N) is 2. The zero-order chi connectivity index (χ0) is 29.3. The van der Waals surface area contributed by atoms with Crippen molar-refractivity contribution in [1.29, 1.82) is 0 Å². The third-order valence-corrected chi connectivity index (χ3v) is 8.59. The quantitative estimate of drug-likeness (QED) is 0.433. The number of benzene rings is 1. The maximum Gasteiger partial charge on any atom is 0.408 e. The van der Waals surface area contributed by atoms with Crippen LogP contribution in [0.25, 0.3) is 0 Å². The molecule has 4 aliphatic rings. The third-order valence-electron chi connectivity index (χ3n) is 8.59. The molecule has 1 N–H and O–H groups in total. The van der Waals surface area contributed by atoms with Gasteiger partial charge in [0.1, 0.15) is 24.0 Å². The Morgan fingerprint density at radius 3 is 2.71 bits per heavy atom. The maximum atomic E-state index is 13.9. The number of nitrogens with one attached hydrogen (secondary N) is 1. The number of rotatable bonds is 1. The lowest BCUT2D eigenvalue weighted by Gasteiger charge is -2.34. The molecule has 3 aliphatic heterocycles. The number of fused-ring (bicyclic) bond motifs is 5. The Kier molecular flexibility index (Phi) is 8.35. The number of aliphatic imine (C=N–C) groups is 1. The first-order chi connectivity index (χ1) is 19.5. The lowest BCUT2D eigenvalue weighted by Crippen LogP contribution is -2.55. The van der Waals surface area contributed by atoms with E-state index in [1.165, 1.54) is 0 Å². The van der Waals surface area contributed by atoms with Crippen LogP contribution >= 0.6 is 0 Å². The van der Waals surface area contributed by atoms with Crippen LogP contribution < -0.4 is 10.1 Å². The molecule has 1 aromatic rings. The van der Waals surface area contributed by atoms with Gasteiger partial charge in [0.2, 0.25) is 11.8 Å². The highest BCUT2D eigenvalue weighted by Crippen LogP contribution is 2.39. The number of methoxy groups -OCH3 is 1. The Morgan fingerprint density at radius 1 is 1.15 bits per heavy atom. The minimum Gasteiger partial charge on any atom is -0.497 e. The summed E-state index contributed by atoms with van der Waals surface area (Å²) in [6.45, 7) is 10.5. The second-order valence-corrected chi connectivity index (χ2v) is 13.0. The van der Waals surface area contributed by atoms with E-state index in [-0.39, 0.29) is 30.1 Å². The molecule has 2 fully saturated rings. The highest BCUT2D eigenvalue weighted by atomic mass is 16.6. The lowest BCUT2D eigenvalue weighted by atomic mass is 9.85. The molecular formula is C33H43N3O5. The first-order valence-corrected chi connectivity index (χ1v) is 14.9. The maximum absolute atomic E-state index is 13.9. The van der Waals surface area contributed by atoms with E-state index in [0.717, 1.165) is 54.7 Å².